The van der Waals surface area contributed by atoms with Gasteiger partial charge in [-0.3, -0.25) is 4.79 Å². The van der Waals surface area contributed by atoms with Crippen LogP contribution in [0.15, 0.2) is 34.9 Å². The molecule has 0 spiro atoms. The quantitative estimate of drug-likeness (QED) is 0.684. The van der Waals surface area contributed by atoms with Crippen molar-refractivity contribution in [2.75, 3.05) is 5.32 Å². The highest BCUT2D eigenvalue weighted by atomic mass is 16.3. The minimum absolute atomic E-state index is 0.636. The minimum atomic E-state index is 0.636. The van der Waals surface area contributed by atoms with Gasteiger partial charge in [0, 0.05) is 5.39 Å². The van der Waals surface area contributed by atoms with Crippen molar-refractivity contribution >= 4 is 23.1 Å². The lowest BCUT2D eigenvalue weighted by Gasteiger charge is -1.91. The lowest BCUT2D eigenvalue weighted by atomic mass is 10.2. The molecule has 2 rings (SSSR count). The molecule has 60 valence electrons. The molecule has 12 heavy (non-hydrogen) atoms. The van der Waals surface area contributed by atoms with Crippen molar-refractivity contribution in [3.8, 4) is 0 Å². The van der Waals surface area contributed by atoms with E-state index in [-0.39, 0.29) is 0 Å². The Morgan fingerprint density at radius 3 is 3.00 bits per heavy atom. The minimum Gasteiger partial charge on any atom is -0.462 e. The van der Waals surface area contributed by atoms with Crippen molar-refractivity contribution in [2.24, 2.45) is 0 Å². The van der Waals surface area contributed by atoms with E-state index in [1.807, 2.05) is 24.3 Å². The first kappa shape index (κ1) is 6.91. The summed E-state index contributed by atoms with van der Waals surface area (Å²) in [4.78, 5) is 10.2. The average Bonchev–Trinajstić information content (AvgIpc) is 2.50. The van der Waals surface area contributed by atoms with Gasteiger partial charge in [-0.15, -0.1) is 0 Å². The Kier molecular flexibility index (Phi) is 1.55. The molecule has 0 saturated carbocycles. The molecule has 1 amide bonds. The molecule has 1 heterocycles. The number of amides is 1. The van der Waals surface area contributed by atoms with Crippen LogP contribution in [-0.4, -0.2) is 6.41 Å². The van der Waals surface area contributed by atoms with Crippen LogP contribution in [0.4, 0.5) is 5.69 Å². The zero-order valence-electron chi connectivity index (χ0n) is 6.28. The van der Waals surface area contributed by atoms with Crippen LogP contribution >= 0.6 is 0 Å². The Balaban J connectivity index is 2.62. The van der Waals surface area contributed by atoms with Gasteiger partial charge in [0.05, 0.1) is 5.69 Å². The Bertz CT molecular complexity index is 406. The predicted octanol–water partition coefficient (Wildman–Crippen LogP) is 2.00. The van der Waals surface area contributed by atoms with Crippen molar-refractivity contribution in [1.82, 2.24) is 0 Å². The zero-order chi connectivity index (χ0) is 8.39. The summed E-state index contributed by atoms with van der Waals surface area (Å²) in [7, 11) is 0. The van der Waals surface area contributed by atoms with Gasteiger partial charge in [0.2, 0.25) is 6.41 Å². The Hall–Kier alpha value is -1.77. The van der Waals surface area contributed by atoms with E-state index in [0.29, 0.717) is 12.1 Å². The maximum Gasteiger partial charge on any atom is 0.211 e. The van der Waals surface area contributed by atoms with E-state index >= 15 is 0 Å². The fourth-order valence-corrected chi connectivity index (χ4v) is 1.15. The monoisotopic (exact) mass is 161 g/mol. The molecule has 3 heteroatoms. The highest BCUT2D eigenvalue weighted by Crippen LogP contribution is 2.24. The molecule has 3 nitrogen and oxygen atoms in total. The van der Waals surface area contributed by atoms with Gasteiger partial charge >= 0.3 is 0 Å². The van der Waals surface area contributed by atoms with E-state index in [1.165, 1.54) is 6.26 Å². The molecular weight excluding hydrogens is 154 g/mol. The summed E-state index contributed by atoms with van der Waals surface area (Å²) in [5, 5.41) is 3.48. The van der Waals surface area contributed by atoms with Crippen LogP contribution in [0.2, 0.25) is 0 Å². The topological polar surface area (TPSA) is 42.2 Å². The molecule has 0 aliphatic rings. The SMILES string of the molecule is O=CNc1coc2ccccc12. The number of furan rings is 1. The lowest BCUT2D eigenvalue weighted by molar-refractivity contribution is -0.105. The summed E-state index contributed by atoms with van der Waals surface area (Å²) in [5.74, 6) is 0. The second-order valence-corrected chi connectivity index (χ2v) is 2.41. The Labute approximate surface area is 69.0 Å². The molecular formula is C9H7NO2. The molecule has 0 saturated heterocycles. The van der Waals surface area contributed by atoms with E-state index in [1.54, 1.807) is 0 Å². The third-order valence-corrected chi connectivity index (χ3v) is 1.70. The van der Waals surface area contributed by atoms with Gasteiger partial charge < -0.3 is 9.73 Å². The normalized spacial score (nSPS) is 10.0. The molecule has 2 aromatic rings. The number of anilines is 1. The summed E-state index contributed by atoms with van der Waals surface area (Å²) in [6.07, 6.45) is 2.16. The molecule has 1 N–H and O–H groups in total. The second kappa shape index (κ2) is 2.70. The fourth-order valence-electron chi connectivity index (χ4n) is 1.15. The fraction of sp³-hybridized carbons (Fsp3) is 0. The average molecular weight is 161 g/mol. The van der Waals surface area contributed by atoms with Crippen molar-refractivity contribution in [3.63, 3.8) is 0 Å². The van der Waals surface area contributed by atoms with Crippen LogP contribution < -0.4 is 5.32 Å². The van der Waals surface area contributed by atoms with Crippen LogP contribution in [-0.2, 0) is 4.79 Å². The van der Waals surface area contributed by atoms with Crippen molar-refractivity contribution < 1.29 is 9.21 Å². The van der Waals surface area contributed by atoms with Crippen LogP contribution in [0.3, 0.4) is 0 Å². The van der Waals surface area contributed by atoms with Gasteiger partial charge in [0.25, 0.3) is 0 Å². The van der Waals surface area contributed by atoms with Gasteiger partial charge in [0.15, 0.2) is 0 Å². The molecule has 0 fully saturated rings. The number of rotatable bonds is 2. The van der Waals surface area contributed by atoms with Gasteiger partial charge in [-0.25, -0.2) is 0 Å². The summed E-state index contributed by atoms with van der Waals surface area (Å²) in [5.41, 5.74) is 1.49. The molecule has 0 aliphatic heterocycles. The standard InChI is InChI=1S/C9H7NO2/c11-6-10-8-5-12-9-4-2-1-3-7(8)9/h1-6H,(H,10,11). The third-order valence-electron chi connectivity index (χ3n) is 1.70. The van der Waals surface area contributed by atoms with Gasteiger partial charge in [0.1, 0.15) is 11.8 Å². The Morgan fingerprint density at radius 2 is 2.17 bits per heavy atom. The first-order valence-electron chi connectivity index (χ1n) is 3.58. The van der Waals surface area contributed by atoms with E-state index in [9.17, 15) is 4.79 Å². The van der Waals surface area contributed by atoms with E-state index in [2.05, 4.69) is 5.32 Å². The number of hydrogen-bond donors (Lipinski definition) is 1. The van der Waals surface area contributed by atoms with E-state index < -0.39 is 0 Å². The Morgan fingerprint density at radius 1 is 1.33 bits per heavy atom. The van der Waals surface area contributed by atoms with Crippen LogP contribution in [0.25, 0.3) is 11.0 Å². The molecule has 0 radical (unpaired) electrons. The lowest BCUT2D eigenvalue weighted by Crippen LogP contribution is -1.90. The molecule has 1 aromatic carbocycles. The number of carbonyl (C=O) groups is 1. The highest BCUT2D eigenvalue weighted by Gasteiger charge is 2.01. The van der Waals surface area contributed by atoms with Crippen molar-refractivity contribution in [3.05, 3.63) is 30.5 Å². The first-order chi connectivity index (χ1) is 5.92. The molecule has 0 atom stereocenters. The molecule has 0 unspecified atom stereocenters. The smallest absolute Gasteiger partial charge is 0.211 e. The largest absolute Gasteiger partial charge is 0.462 e. The van der Waals surface area contributed by atoms with Crippen molar-refractivity contribution in [1.29, 1.82) is 0 Å². The summed E-state index contributed by atoms with van der Waals surface area (Å²) < 4.78 is 5.18. The number of benzene rings is 1. The summed E-state index contributed by atoms with van der Waals surface area (Å²) in [6.45, 7) is 0. The van der Waals surface area contributed by atoms with E-state index in [4.69, 9.17) is 4.42 Å². The number of carbonyl (C=O) groups excluding carboxylic acids is 1. The van der Waals surface area contributed by atoms with Gasteiger partial charge in [-0.1, -0.05) is 12.1 Å². The molecule has 0 aliphatic carbocycles. The predicted molar refractivity (Wildman–Crippen MR) is 45.9 cm³/mol. The van der Waals surface area contributed by atoms with Gasteiger partial charge in [-0.2, -0.15) is 0 Å². The van der Waals surface area contributed by atoms with Crippen LogP contribution in [0.5, 0.6) is 0 Å². The summed E-state index contributed by atoms with van der Waals surface area (Å²) >= 11 is 0. The van der Waals surface area contributed by atoms with Crippen molar-refractivity contribution in [2.45, 2.75) is 0 Å². The maximum atomic E-state index is 10.2. The van der Waals surface area contributed by atoms with E-state index in [0.717, 1.165) is 11.0 Å². The van der Waals surface area contributed by atoms with Gasteiger partial charge in [-0.05, 0) is 12.1 Å². The van der Waals surface area contributed by atoms with Crippen LogP contribution in [0.1, 0.15) is 0 Å². The highest BCUT2D eigenvalue weighted by molar-refractivity contribution is 5.94. The first-order valence-corrected chi connectivity index (χ1v) is 3.58. The number of para-hydroxylation sites is 1. The number of fused-ring (bicyclic) bond motifs is 1. The molecule has 0 bridgehead atoms. The summed E-state index contributed by atoms with van der Waals surface area (Å²) in [6, 6.07) is 7.53. The number of hydrogen-bond acceptors (Lipinski definition) is 2. The second-order valence-electron chi connectivity index (χ2n) is 2.41. The molecule has 1 aromatic heterocycles. The maximum absolute atomic E-state index is 10.2. The third kappa shape index (κ3) is 0.955. The zero-order valence-corrected chi connectivity index (χ0v) is 6.28. The van der Waals surface area contributed by atoms with Crippen LogP contribution in [0, 0.1) is 0 Å². The number of nitrogens with one attached hydrogen (secondary N) is 1.